The number of amides is 1. The molecule has 24 heavy (non-hydrogen) atoms. The Balaban J connectivity index is 2.48. The number of hydrogen-bond donors (Lipinski definition) is 2. The Morgan fingerprint density at radius 3 is 2.33 bits per heavy atom. The van der Waals surface area contributed by atoms with Gasteiger partial charge in [0.05, 0.1) is 25.5 Å². The van der Waals surface area contributed by atoms with Crippen molar-refractivity contribution in [1.29, 1.82) is 0 Å². The van der Waals surface area contributed by atoms with Gasteiger partial charge >= 0.3 is 0 Å². The molecule has 7 nitrogen and oxygen atoms in total. The van der Waals surface area contributed by atoms with Crippen LogP contribution in [0.3, 0.4) is 0 Å². The van der Waals surface area contributed by atoms with Crippen molar-refractivity contribution in [2.24, 2.45) is 5.73 Å². The van der Waals surface area contributed by atoms with Crippen LogP contribution in [0.5, 0.6) is 11.5 Å². The first-order chi connectivity index (χ1) is 11.2. The second-order valence-electron chi connectivity index (χ2n) is 6.52. The second-order valence-corrected chi connectivity index (χ2v) is 6.52. The maximum Gasteiger partial charge on any atom is 0.254 e. The number of hydrogen-bond acceptors (Lipinski definition) is 5. The minimum Gasteiger partial charge on any atom is -0.493 e. The molecule has 0 unspecified atom stereocenters. The Hall–Kier alpha value is -2.70. The van der Waals surface area contributed by atoms with Crippen molar-refractivity contribution in [2.45, 2.75) is 32.7 Å². The third kappa shape index (κ3) is 3.29. The summed E-state index contributed by atoms with van der Waals surface area (Å²) in [6, 6.07) is 5.54. The summed E-state index contributed by atoms with van der Waals surface area (Å²) in [5, 5.41) is 4.51. The SMILES string of the molecule is COc1ccc(Cc2nn(C(C)(C)C)c(N)c2C(N)=O)cc1OC. The van der Waals surface area contributed by atoms with Gasteiger partial charge in [-0.05, 0) is 38.5 Å². The molecule has 7 heteroatoms. The maximum absolute atomic E-state index is 11.8. The molecule has 0 aliphatic rings. The lowest BCUT2D eigenvalue weighted by atomic mass is 10.1. The minimum atomic E-state index is -0.585. The summed E-state index contributed by atoms with van der Waals surface area (Å²) in [5.74, 6) is 0.943. The van der Waals surface area contributed by atoms with Crippen LogP contribution in [0.1, 0.15) is 42.4 Å². The van der Waals surface area contributed by atoms with Crippen molar-refractivity contribution in [3.8, 4) is 11.5 Å². The van der Waals surface area contributed by atoms with Gasteiger partial charge in [-0.3, -0.25) is 4.79 Å². The smallest absolute Gasteiger partial charge is 0.254 e. The Morgan fingerprint density at radius 1 is 1.21 bits per heavy atom. The van der Waals surface area contributed by atoms with Crippen molar-refractivity contribution in [3.63, 3.8) is 0 Å². The van der Waals surface area contributed by atoms with Crippen LogP contribution in [0.4, 0.5) is 5.82 Å². The van der Waals surface area contributed by atoms with Crippen LogP contribution in [-0.2, 0) is 12.0 Å². The number of rotatable bonds is 5. The molecule has 0 atom stereocenters. The minimum absolute atomic E-state index is 0.264. The highest BCUT2D eigenvalue weighted by molar-refractivity contribution is 5.98. The zero-order chi connectivity index (χ0) is 18.1. The topological polar surface area (TPSA) is 105 Å². The number of carbonyl (C=O) groups excluding carboxylic acids is 1. The first-order valence-corrected chi connectivity index (χ1v) is 7.57. The first-order valence-electron chi connectivity index (χ1n) is 7.57. The number of ether oxygens (including phenoxy) is 2. The molecule has 0 radical (unpaired) electrons. The van der Waals surface area contributed by atoms with E-state index in [4.69, 9.17) is 20.9 Å². The van der Waals surface area contributed by atoms with Gasteiger partial charge in [0.2, 0.25) is 0 Å². The highest BCUT2D eigenvalue weighted by Gasteiger charge is 2.26. The van der Waals surface area contributed by atoms with Crippen molar-refractivity contribution in [1.82, 2.24) is 9.78 Å². The lowest BCUT2D eigenvalue weighted by Gasteiger charge is -2.20. The van der Waals surface area contributed by atoms with Crippen LogP contribution >= 0.6 is 0 Å². The summed E-state index contributed by atoms with van der Waals surface area (Å²) in [5.41, 5.74) is 13.0. The molecule has 130 valence electrons. The highest BCUT2D eigenvalue weighted by Crippen LogP contribution is 2.30. The van der Waals surface area contributed by atoms with Crippen molar-refractivity contribution >= 4 is 11.7 Å². The van der Waals surface area contributed by atoms with Gasteiger partial charge in [0.25, 0.3) is 5.91 Å². The predicted molar refractivity (Wildman–Crippen MR) is 92.5 cm³/mol. The van der Waals surface area contributed by atoms with E-state index in [9.17, 15) is 4.79 Å². The molecule has 1 amide bonds. The van der Waals surface area contributed by atoms with Gasteiger partial charge < -0.3 is 20.9 Å². The summed E-state index contributed by atoms with van der Waals surface area (Å²) >= 11 is 0. The number of nitrogens with zero attached hydrogens (tertiary/aromatic N) is 2. The van der Waals surface area contributed by atoms with Gasteiger partial charge in [0, 0.05) is 6.42 Å². The van der Waals surface area contributed by atoms with E-state index in [1.807, 2.05) is 39.0 Å². The number of aromatic nitrogens is 2. The van der Waals surface area contributed by atoms with Gasteiger partial charge in [-0.1, -0.05) is 6.07 Å². The lowest BCUT2D eigenvalue weighted by molar-refractivity contribution is 0.100. The van der Waals surface area contributed by atoms with E-state index in [1.54, 1.807) is 18.9 Å². The monoisotopic (exact) mass is 332 g/mol. The quantitative estimate of drug-likeness (QED) is 0.870. The molecule has 2 aromatic rings. The third-order valence-electron chi connectivity index (χ3n) is 3.69. The van der Waals surface area contributed by atoms with Gasteiger partial charge in [0.1, 0.15) is 11.4 Å². The molecule has 4 N–H and O–H groups in total. The molecular weight excluding hydrogens is 308 g/mol. The molecule has 0 saturated heterocycles. The van der Waals surface area contributed by atoms with E-state index in [1.165, 1.54) is 0 Å². The molecule has 0 aliphatic carbocycles. The number of nitrogen functional groups attached to an aromatic ring is 1. The Morgan fingerprint density at radius 2 is 1.83 bits per heavy atom. The van der Waals surface area contributed by atoms with Crippen LogP contribution in [0.15, 0.2) is 18.2 Å². The molecule has 1 aromatic carbocycles. The number of carbonyl (C=O) groups is 1. The predicted octanol–water partition coefficient (Wildman–Crippen LogP) is 1.93. The Labute approximate surface area is 141 Å². The van der Waals surface area contributed by atoms with E-state index in [-0.39, 0.29) is 16.9 Å². The molecule has 0 aliphatic heterocycles. The fraction of sp³-hybridized carbons (Fsp3) is 0.412. The van der Waals surface area contributed by atoms with Gasteiger partial charge in [-0.2, -0.15) is 5.10 Å². The number of methoxy groups -OCH3 is 2. The van der Waals surface area contributed by atoms with Crippen molar-refractivity contribution in [2.75, 3.05) is 20.0 Å². The lowest BCUT2D eigenvalue weighted by Crippen LogP contribution is -2.25. The number of primary amides is 1. The number of nitrogens with two attached hydrogens (primary N) is 2. The first kappa shape index (κ1) is 17.7. The summed E-state index contributed by atoms with van der Waals surface area (Å²) in [4.78, 5) is 11.8. The molecule has 1 aromatic heterocycles. The van der Waals surface area contributed by atoms with Gasteiger partial charge in [0.15, 0.2) is 11.5 Å². The van der Waals surface area contributed by atoms with Crippen LogP contribution < -0.4 is 20.9 Å². The molecule has 0 saturated carbocycles. The Bertz CT molecular complexity index is 760. The van der Waals surface area contributed by atoms with Gasteiger partial charge in [-0.25, -0.2) is 4.68 Å². The number of benzene rings is 1. The zero-order valence-electron chi connectivity index (χ0n) is 14.7. The maximum atomic E-state index is 11.8. The average molecular weight is 332 g/mol. The fourth-order valence-corrected chi connectivity index (χ4v) is 2.57. The molecular formula is C17H24N4O3. The van der Waals surface area contributed by atoms with Crippen LogP contribution in [0, 0.1) is 0 Å². The van der Waals surface area contributed by atoms with Crippen LogP contribution in [0.2, 0.25) is 0 Å². The van der Waals surface area contributed by atoms with Crippen LogP contribution in [-0.4, -0.2) is 29.9 Å². The summed E-state index contributed by atoms with van der Waals surface area (Å²) in [7, 11) is 3.15. The van der Waals surface area contributed by atoms with Crippen molar-refractivity contribution < 1.29 is 14.3 Å². The summed E-state index contributed by atoms with van der Waals surface area (Å²) in [6.07, 6.45) is 0.409. The van der Waals surface area contributed by atoms with Gasteiger partial charge in [-0.15, -0.1) is 0 Å². The van der Waals surface area contributed by atoms with Crippen molar-refractivity contribution in [3.05, 3.63) is 35.0 Å². The van der Waals surface area contributed by atoms with E-state index in [0.29, 0.717) is 23.6 Å². The molecule has 1 heterocycles. The average Bonchev–Trinajstić information content (AvgIpc) is 2.83. The third-order valence-corrected chi connectivity index (χ3v) is 3.69. The molecule has 2 rings (SSSR count). The van der Waals surface area contributed by atoms with E-state index in [0.717, 1.165) is 5.56 Å². The second kappa shape index (κ2) is 6.43. The van der Waals surface area contributed by atoms with Crippen LogP contribution in [0.25, 0.3) is 0 Å². The fourth-order valence-electron chi connectivity index (χ4n) is 2.57. The number of anilines is 1. The largest absolute Gasteiger partial charge is 0.493 e. The Kier molecular flexibility index (Phi) is 4.73. The molecule has 0 fully saturated rings. The zero-order valence-corrected chi connectivity index (χ0v) is 14.7. The van der Waals surface area contributed by atoms with E-state index in [2.05, 4.69) is 5.10 Å². The molecule has 0 spiro atoms. The normalized spacial score (nSPS) is 11.4. The van der Waals surface area contributed by atoms with E-state index >= 15 is 0 Å². The summed E-state index contributed by atoms with van der Waals surface area (Å²) < 4.78 is 12.2. The summed E-state index contributed by atoms with van der Waals surface area (Å²) in [6.45, 7) is 5.88. The van der Waals surface area contributed by atoms with E-state index < -0.39 is 5.91 Å². The highest BCUT2D eigenvalue weighted by atomic mass is 16.5. The standard InChI is InChI=1S/C17H24N4O3/c1-17(2,3)21-15(18)14(16(19)22)11(20-21)8-10-6-7-12(23-4)13(9-10)24-5/h6-7,9H,8,18H2,1-5H3,(H2,19,22). The molecule has 0 bridgehead atoms.